The van der Waals surface area contributed by atoms with E-state index in [2.05, 4.69) is 22.9 Å². The molecule has 2 aromatic carbocycles. The second-order valence-electron chi connectivity index (χ2n) is 5.72. The maximum Gasteiger partial charge on any atom is 0.251 e. The molecule has 0 bridgehead atoms. The summed E-state index contributed by atoms with van der Waals surface area (Å²) in [7, 11) is 0. The fourth-order valence-corrected chi connectivity index (χ4v) is 2.48. The van der Waals surface area contributed by atoms with Crippen LogP contribution in [-0.4, -0.2) is 24.9 Å². The van der Waals surface area contributed by atoms with Gasteiger partial charge in [-0.25, -0.2) is 0 Å². The van der Waals surface area contributed by atoms with Gasteiger partial charge in [0.2, 0.25) is 5.91 Å². The fraction of sp³-hybridized carbons (Fsp3) is 0.263. The number of carbonyl (C=O) groups is 2. The van der Waals surface area contributed by atoms with Gasteiger partial charge in [-0.1, -0.05) is 36.5 Å². The van der Waals surface area contributed by atoms with Gasteiger partial charge < -0.3 is 16.0 Å². The summed E-state index contributed by atoms with van der Waals surface area (Å²) in [5.74, 6) is -0.313. The fourth-order valence-electron chi connectivity index (χ4n) is 2.18. The van der Waals surface area contributed by atoms with Crippen molar-refractivity contribution in [3.8, 4) is 0 Å². The molecule has 26 heavy (non-hydrogen) atoms. The van der Waals surface area contributed by atoms with Crippen LogP contribution in [0.4, 0.5) is 11.4 Å². The first-order chi connectivity index (χ1) is 12.5. The molecule has 0 fully saturated rings. The van der Waals surface area contributed by atoms with Crippen molar-refractivity contribution in [3.05, 3.63) is 58.1 Å². The normalized spacial score (nSPS) is 10.3. The number of nitrogens with one attached hydrogen (secondary N) is 3. The topological polar surface area (TPSA) is 70.2 Å². The first-order valence-electron chi connectivity index (χ1n) is 8.36. The largest absolute Gasteiger partial charge is 0.376 e. The average molecular weight is 394 g/mol. The number of halogens is 2. The Labute approximate surface area is 163 Å². The van der Waals surface area contributed by atoms with Crippen molar-refractivity contribution in [1.82, 2.24) is 5.32 Å². The van der Waals surface area contributed by atoms with Gasteiger partial charge in [0.25, 0.3) is 5.91 Å². The summed E-state index contributed by atoms with van der Waals surface area (Å²) >= 11 is 11.8. The van der Waals surface area contributed by atoms with Crippen LogP contribution in [0.15, 0.2) is 42.5 Å². The Morgan fingerprint density at radius 3 is 2.31 bits per heavy atom. The summed E-state index contributed by atoms with van der Waals surface area (Å²) in [6, 6.07) is 11.9. The van der Waals surface area contributed by atoms with Crippen molar-refractivity contribution >= 4 is 46.4 Å². The van der Waals surface area contributed by atoms with Crippen molar-refractivity contribution in [2.24, 2.45) is 0 Å². The van der Waals surface area contributed by atoms with E-state index < -0.39 is 0 Å². The number of unbranched alkanes of at least 4 members (excludes halogenated alkanes) is 1. The minimum absolute atomic E-state index is 0.0856. The number of anilines is 2. The SMILES string of the molecule is CCCCNC(=O)c1ccc(NCC(=O)Nc2ccc(Cl)c(Cl)c2)cc1. The van der Waals surface area contributed by atoms with E-state index in [0.29, 0.717) is 27.8 Å². The van der Waals surface area contributed by atoms with Gasteiger partial charge in [0.15, 0.2) is 0 Å². The highest BCUT2D eigenvalue weighted by atomic mass is 35.5. The predicted molar refractivity (Wildman–Crippen MR) is 107 cm³/mol. The van der Waals surface area contributed by atoms with Crippen LogP contribution in [0, 0.1) is 0 Å². The lowest BCUT2D eigenvalue weighted by atomic mass is 10.2. The van der Waals surface area contributed by atoms with Gasteiger partial charge >= 0.3 is 0 Å². The third kappa shape index (κ3) is 6.24. The highest BCUT2D eigenvalue weighted by Gasteiger charge is 2.07. The quantitative estimate of drug-likeness (QED) is 0.575. The predicted octanol–water partition coefficient (Wildman–Crippen LogP) is 4.57. The molecule has 0 aliphatic rings. The molecule has 7 heteroatoms. The molecule has 138 valence electrons. The van der Waals surface area contributed by atoms with Crippen LogP contribution in [0.1, 0.15) is 30.1 Å². The van der Waals surface area contributed by atoms with Gasteiger partial charge in [0.1, 0.15) is 0 Å². The zero-order valence-electron chi connectivity index (χ0n) is 14.4. The van der Waals surface area contributed by atoms with E-state index in [0.717, 1.165) is 18.5 Å². The molecule has 2 aromatic rings. The van der Waals surface area contributed by atoms with Crippen LogP contribution in [0.3, 0.4) is 0 Å². The molecular formula is C19H21Cl2N3O2. The third-order valence-corrected chi connectivity index (χ3v) is 4.36. The van der Waals surface area contributed by atoms with Gasteiger partial charge in [-0.3, -0.25) is 9.59 Å². The highest BCUT2D eigenvalue weighted by molar-refractivity contribution is 6.42. The Kier molecular flexibility index (Phi) is 7.75. The van der Waals surface area contributed by atoms with Gasteiger partial charge in [-0.2, -0.15) is 0 Å². The van der Waals surface area contributed by atoms with Crippen molar-refractivity contribution in [3.63, 3.8) is 0 Å². The highest BCUT2D eigenvalue weighted by Crippen LogP contribution is 2.24. The molecule has 0 unspecified atom stereocenters. The number of rotatable bonds is 8. The van der Waals surface area contributed by atoms with Crippen molar-refractivity contribution in [1.29, 1.82) is 0 Å². The molecular weight excluding hydrogens is 373 g/mol. The lowest BCUT2D eigenvalue weighted by molar-refractivity contribution is -0.114. The standard InChI is InChI=1S/C19H21Cl2N3O2/c1-2-3-10-22-19(26)13-4-6-14(7-5-13)23-12-18(25)24-15-8-9-16(20)17(21)11-15/h4-9,11,23H,2-3,10,12H2,1H3,(H,22,26)(H,24,25). The zero-order chi connectivity index (χ0) is 18.9. The van der Waals surface area contributed by atoms with E-state index in [1.807, 2.05) is 0 Å². The third-order valence-electron chi connectivity index (χ3n) is 3.62. The van der Waals surface area contributed by atoms with E-state index in [1.165, 1.54) is 0 Å². The Hall–Kier alpha value is -2.24. The minimum atomic E-state index is -0.218. The van der Waals surface area contributed by atoms with E-state index in [9.17, 15) is 9.59 Å². The molecule has 0 aromatic heterocycles. The lowest BCUT2D eigenvalue weighted by Gasteiger charge is -2.09. The van der Waals surface area contributed by atoms with Gasteiger partial charge in [0, 0.05) is 23.5 Å². The first kappa shape index (κ1) is 20.1. The Balaban J connectivity index is 1.82. The summed E-state index contributed by atoms with van der Waals surface area (Å²) in [5.41, 5.74) is 1.91. The number of hydrogen-bond acceptors (Lipinski definition) is 3. The molecule has 0 spiro atoms. The Morgan fingerprint density at radius 2 is 1.65 bits per heavy atom. The molecule has 0 saturated heterocycles. The van der Waals surface area contributed by atoms with Crippen molar-refractivity contribution in [2.75, 3.05) is 23.7 Å². The van der Waals surface area contributed by atoms with Crippen LogP contribution in [0.25, 0.3) is 0 Å². The van der Waals surface area contributed by atoms with Crippen LogP contribution in [0.5, 0.6) is 0 Å². The van der Waals surface area contributed by atoms with Crippen LogP contribution < -0.4 is 16.0 Å². The maximum absolute atomic E-state index is 12.0. The summed E-state index contributed by atoms with van der Waals surface area (Å²) < 4.78 is 0. The molecule has 5 nitrogen and oxygen atoms in total. The maximum atomic E-state index is 12.0. The monoisotopic (exact) mass is 393 g/mol. The van der Waals surface area contributed by atoms with E-state index >= 15 is 0 Å². The summed E-state index contributed by atoms with van der Waals surface area (Å²) in [4.78, 5) is 23.9. The molecule has 0 saturated carbocycles. The Morgan fingerprint density at radius 1 is 0.962 bits per heavy atom. The van der Waals surface area contributed by atoms with Crippen LogP contribution in [-0.2, 0) is 4.79 Å². The number of amides is 2. The lowest BCUT2D eigenvalue weighted by Crippen LogP contribution is -2.24. The molecule has 0 aliphatic heterocycles. The summed E-state index contributed by atoms with van der Waals surface area (Å²) in [6.45, 7) is 2.83. The van der Waals surface area contributed by atoms with Gasteiger partial charge in [0.05, 0.1) is 16.6 Å². The first-order valence-corrected chi connectivity index (χ1v) is 9.12. The van der Waals surface area contributed by atoms with E-state index in [1.54, 1.807) is 42.5 Å². The van der Waals surface area contributed by atoms with Crippen molar-refractivity contribution in [2.45, 2.75) is 19.8 Å². The molecule has 0 aliphatic carbocycles. The van der Waals surface area contributed by atoms with Gasteiger partial charge in [-0.15, -0.1) is 0 Å². The summed E-state index contributed by atoms with van der Waals surface area (Å²) in [6.07, 6.45) is 1.99. The van der Waals surface area contributed by atoms with E-state index in [4.69, 9.17) is 23.2 Å². The second kappa shape index (κ2) is 10.0. The van der Waals surface area contributed by atoms with Gasteiger partial charge in [-0.05, 0) is 48.9 Å². The molecule has 2 rings (SSSR count). The number of carbonyl (C=O) groups excluding carboxylic acids is 2. The number of benzene rings is 2. The molecule has 0 heterocycles. The van der Waals surface area contributed by atoms with Crippen LogP contribution >= 0.6 is 23.2 Å². The zero-order valence-corrected chi connectivity index (χ0v) is 16.0. The average Bonchev–Trinajstić information content (AvgIpc) is 2.63. The second-order valence-corrected chi connectivity index (χ2v) is 6.53. The Bertz CT molecular complexity index is 764. The molecule has 0 radical (unpaired) electrons. The minimum Gasteiger partial charge on any atom is -0.376 e. The van der Waals surface area contributed by atoms with Crippen LogP contribution in [0.2, 0.25) is 10.0 Å². The smallest absolute Gasteiger partial charge is 0.251 e. The number of hydrogen-bond donors (Lipinski definition) is 3. The molecule has 3 N–H and O–H groups in total. The van der Waals surface area contributed by atoms with E-state index in [-0.39, 0.29) is 18.4 Å². The molecule has 0 atom stereocenters. The summed E-state index contributed by atoms with van der Waals surface area (Å²) in [5, 5.41) is 9.41. The molecule has 2 amide bonds. The van der Waals surface area contributed by atoms with Crippen molar-refractivity contribution < 1.29 is 9.59 Å².